The molecule has 0 bridgehead atoms. The minimum atomic E-state index is -0.480. The van der Waals surface area contributed by atoms with Crippen LogP contribution in [0.25, 0.3) is 0 Å². The van der Waals surface area contributed by atoms with E-state index in [1.165, 1.54) is 25.3 Å². The Hall–Kier alpha value is -1.82. The number of hydrogen-bond acceptors (Lipinski definition) is 5. The maximum absolute atomic E-state index is 10.8. The quantitative estimate of drug-likeness (QED) is 0.585. The van der Waals surface area contributed by atoms with E-state index in [0.29, 0.717) is 11.4 Å². The van der Waals surface area contributed by atoms with E-state index in [9.17, 15) is 10.1 Å². The minimum Gasteiger partial charge on any atom is -0.497 e. The molecule has 0 aliphatic carbocycles. The average Bonchev–Trinajstić information content (AvgIpc) is 2.28. The number of methoxy groups -OCH3 is 1. The van der Waals surface area contributed by atoms with Gasteiger partial charge in [0.2, 0.25) is 0 Å². The lowest BCUT2D eigenvalue weighted by molar-refractivity contribution is -0.384. The molecule has 0 spiro atoms. The lowest BCUT2D eigenvalue weighted by atomic mass is 10.2. The van der Waals surface area contributed by atoms with E-state index in [1.54, 1.807) is 6.92 Å². The van der Waals surface area contributed by atoms with Gasteiger partial charge in [-0.05, 0) is 13.0 Å². The third-order valence-corrected chi connectivity index (χ3v) is 2.08. The molecule has 0 radical (unpaired) electrons. The van der Waals surface area contributed by atoms with Gasteiger partial charge in [0, 0.05) is 18.2 Å². The Bertz CT molecular complexity index is 381. The molecule has 0 saturated heterocycles. The predicted octanol–water partition coefficient (Wildman–Crippen LogP) is 1.40. The molecule has 16 heavy (non-hydrogen) atoms. The number of nitrogens with zero attached hydrogens (tertiary/aromatic N) is 1. The van der Waals surface area contributed by atoms with Gasteiger partial charge in [0.05, 0.1) is 18.6 Å². The second kappa shape index (κ2) is 5.32. The zero-order valence-corrected chi connectivity index (χ0v) is 9.14. The molecule has 1 aromatic rings. The number of aliphatic hydroxyl groups is 1. The van der Waals surface area contributed by atoms with Crippen LogP contribution >= 0.6 is 0 Å². The summed E-state index contributed by atoms with van der Waals surface area (Å²) >= 11 is 0. The number of rotatable bonds is 5. The first-order valence-corrected chi connectivity index (χ1v) is 4.78. The van der Waals surface area contributed by atoms with E-state index >= 15 is 0 Å². The summed E-state index contributed by atoms with van der Waals surface area (Å²) in [5, 5.41) is 22.5. The van der Waals surface area contributed by atoms with Gasteiger partial charge in [-0.1, -0.05) is 0 Å². The Morgan fingerprint density at radius 1 is 1.62 bits per heavy atom. The van der Waals surface area contributed by atoms with Crippen LogP contribution in [0, 0.1) is 10.1 Å². The molecule has 0 aromatic heterocycles. The first kappa shape index (κ1) is 12.3. The van der Waals surface area contributed by atoms with Crippen molar-refractivity contribution in [2.75, 3.05) is 19.0 Å². The standard InChI is InChI=1S/C10H14N2O4/c1-7(6-13)11-9-5-8(16-2)3-4-10(9)12(14)15/h3-5,7,11,13H,6H2,1-2H3. The molecule has 0 amide bonds. The largest absolute Gasteiger partial charge is 0.497 e. The summed E-state index contributed by atoms with van der Waals surface area (Å²) in [6.45, 7) is 1.62. The lowest BCUT2D eigenvalue weighted by Crippen LogP contribution is -2.19. The van der Waals surface area contributed by atoms with Crippen molar-refractivity contribution in [1.82, 2.24) is 0 Å². The summed E-state index contributed by atoms with van der Waals surface area (Å²) in [7, 11) is 1.49. The van der Waals surface area contributed by atoms with Gasteiger partial charge >= 0.3 is 0 Å². The van der Waals surface area contributed by atoms with Crippen LogP contribution in [0.3, 0.4) is 0 Å². The number of hydrogen-bond donors (Lipinski definition) is 2. The summed E-state index contributed by atoms with van der Waals surface area (Å²) in [4.78, 5) is 10.3. The fraction of sp³-hybridized carbons (Fsp3) is 0.400. The maximum Gasteiger partial charge on any atom is 0.292 e. The van der Waals surface area contributed by atoms with Gasteiger partial charge in [0.1, 0.15) is 11.4 Å². The molecule has 1 rings (SSSR count). The Labute approximate surface area is 93.0 Å². The fourth-order valence-corrected chi connectivity index (χ4v) is 1.23. The van der Waals surface area contributed by atoms with Gasteiger partial charge < -0.3 is 15.2 Å². The summed E-state index contributed by atoms with van der Waals surface area (Å²) in [6, 6.07) is 4.16. The second-order valence-corrected chi connectivity index (χ2v) is 3.37. The van der Waals surface area contributed by atoms with E-state index in [2.05, 4.69) is 5.32 Å². The van der Waals surface area contributed by atoms with E-state index in [-0.39, 0.29) is 18.3 Å². The second-order valence-electron chi connectivity index (χ2n) is 3.37. The highest BCUT2D eigenvalue weighted by Crippen LogP contribution is 2.29. The molecule has 0 fully saturated rings. The van der Waals surface area contributed by atoms with Crippen molar-refractivity contribution >= 4 is 11.4 Å². The number of nitrogens with one attached hydrogen (secondary N) is 1. The van der Waals surface area contributed by atoms with Crippen LogP contribution in [0.5, 0.6) is 5.75 Å². The van der Waals surface area contributed by atoms with E-state index in [0.717, 1.165) is 0 Å². The number of anilines is 1. The molecule has 6 heteroatoms. The third kappa shape index (κ3) is 2.83. The molecule has 0 saturated carbocycles. The summed E-state index contributed by atoms with van der Waals surface area (Å²) in [6.07, 6.45) is 0. The van der Waals surface area contributed by atoms with Crippen molar-refractivity contribution in [3.8, 4) is 5.75 Å². The molecule has 1 aromatic carbocycles. The molecule has 1 atom stereocenters. The van der Waals surface area contributed by atoms with Gasteiger partial charge in [-0.2, -0.15) is 0 Å². The van der Waals surface area contributed by atoms with Gasteiger partial charge in [0.15, 0.2) is 0 Å². The number of nitro groups is 1. The molecule has 0 heterocycles. The number of benzene rings is 1. The van der Waals surface area contributed by atoms with Crippen molar-refractivity contribution in [2.24, 2.45) is 0 Å². The zero-order valence-electron chi connectivity index (χ0n) is 9.14. The molecular weight excluding hydrogens is 212 g/mol. The Kier molecular flexibility index (Phi) is 4.07. The van der Waals surface area contributed by atoms with Crippen LogP contribution in [-0.4, -0.2) is 29.8 Å². The minimum absolute atomic E-state index is 0.0406. The Morgan fingerprint density at radius 3 is 2.81 bits per heavy atom. The van der Waals surface area contributed by atoms with Crippen molar-refractivity contribution < 1.29 is 14.8 Å². The number of aliphatic hydroxyl groups excluding tert-OH is 1. The molecule has 88 valence electrons. The van der Waals surface area contributed by atoms with Crippen LogP contribution in [0.15, 0.2) is 18.2 Å². The molecule has 6 nitrogen and oxygen atoms in total. The van der Waals surface area contributed by atoms with Crippen LogP contribution in [0.1, 0.15) is 6.92 Å². The SMILES string of the molecule is COc1ccc([N+](=O)[O-])c(NC(C)CO)c1. The van der Waals surface area contributed by atoms with Crippen molar-refractivity contribution in [2.45, 2.75) is 13.0 Å². The molecule has 0 aliphatic heterocycles. The summed E-state index contributed by atoms with van der Waals surface area (Å²) in [5.41, 5.74) is 0.298. The summed E-state index contributed by atoms with van der Waals surface area (Å²) in [5.74, 6) is 0.526. The smallest absolute Gasteiger partial charge is 0.292 e. The normalized spacial score (nSPS) is 11.9. The topological polar surface area (TPSA) is 84.6 Å². The number of nitro benzene ring substituents is 1. The maximum atomic E-state index is 10.8. The number of ether oxygens (including phenoxy) is 1. The van der Waals surface area contributed by atoms with E-state index < -0.39 is 4.92 Å². The highest BCUT2D eigenvalue weighted by molar-refractivity contribution is 5.64. The molecule has 0 aliphatic rings. The zero-order chi connectivity index (χ0) is 12.1. The Morgan fingerprint density at radius 2 is 2.31 bits per heavy atom. The molecular formula is C10H14N2O4. The van der Waals surface area contributed by atoms with Crippen molar-refractivity contribution in [3.63, 3.8) is 0 Å². The highest BCUT2D eigenvalue weighted by Gasteiger charge is 2.15. The first-order chi connectivity index (χ1) is 7.58. The van der Waals surface area contributed by atoms with Gasteiger partial charge in [-0.15, -0.1) is 0 Å². The lowest BCUT2D eigenvalue weighted by Gasteiger charge is -2.13. The van der Waals surface area contributed by atoms with Gasteiger partial charge in [-0.25, -0.2) is 0 Å². The highest BCUT2D eigenvalue weighted by atomic mass is 16.6. The van der Waals surface area contributed by atoms with Crippen LogP contribution in [0.4, 0.5) is 11.4 Å². The van der Waals surface area contributed by atoms with Crippen LogP contribution < -0.4 is 10.1 Å². The molecule has 2 N–H and O–H groups in total. The van der Waals surface area contributed by atoms with Crippen molar-refractivity contribution in [1.29, 1.82) is 0 Å². The predicted molar refractivity (Wildman–Crippen MR) is 59.8 cm³/mol. The van der Waals surface area contributed by atoms with E-state index in [1.807, 2.05) is 0 Å². The van der Waals surface area contributed by atoms with Crippen molar-refractivity contribution in [3.05, 3.63) is 28.3 Å². The van der Waals surface area contributed by atoms with E-state index in [4.69, 9.17) is 9.84 Å². The average molecular weight is 226 g/mol. The van der Waals surface area contributed by atoms with Crippen LogP contribution in [-0.2, 0) is 0 Å². The Balaban J connectivity index is 3.05. The monoisotopic (exact) mass is 226 g/mol. The fourth-order valence-electron chi connectivity index (χ4n) is 1.23. The van der Waals surface area contributed by atoms with Gasteiger partial charge in [-0.3, -0.25) is 10.1 Å². The summed E-state index contributed by atoms with van der Waals surface area (Å²) < 4.78 is 4.98. The third-order valence-electron chi connectivity index (χ3n) is 2.08. The van der Waals surface area contributed by atoms with Crippen LogP contribution in [0.2, 0.25) is 0 Å². The first-order valence-electron chi connectivity index (χ1n) is 4.78. The molecule has 1 unspecified atom stereocenters. The van der Waals surface area contributed by atoms with Gasteiger partial charge in [0.25, 0.3) is 5.69 Å².